The fourth-order valence-corrected chi connectivity index (χ4v) is 1.97. The predicted octanol–water partition coefficient (Wildman–Crippen LogP) is 1.30. The van der Waals surface area contributed by atoms with Gasteiger partial charge in [-0.2, -0.15) is 10.2 Å². The number of carbonyl (C=O) groups excluding carboxylic acids is 2. The molecule has 2 N–H and O–H groups in total. The molecule has 0 bridgehead atoms. The summed E-state index contributed by atoms with van der Waals surface area (Å²) in [5, 5.41) is 7.46. The summed E-state index contributed by atoms with van der Waals surface area (Å²) in [7, 11) is 3.05. The smallest absolute Gasteiger partial charge is 0.331 e. The highest BCUT2D eigenvalue weighted by Crippen LogP contribution is 2.15. The maximum Gasteiger partial charge on any atom is 0.331 e. The van der Waals surface area contributed by atoms with E-state index in [4.69, 9.17) is 9.47 Å². The van der Waals surface area contributed by atoms with Crippen LogP contribution in [0, 0.1) is 0 Å². The molecule has 0 saturated heterocycles. The van der Waals surface area contributed by atoms with E-state index in [9.17, 15) is 9.59 Å². The van der Waals surface area contributed by atoms with Gasteiger partial charge in [0.2, 0.25) is 0 Å². The van der Waals surface area contributed by atoms with E-state index in [0.717, 1.165) is 0 Å². The second kappa shape index (κ2) is 9.58. The van der Waals surface area contributed by atoms with E-state index in [0.29, 0.717) is 22.6 Å². The van der Waals surface area contributed by atoms with Crippen LogP contribution in [0.4, 0.5) is 0 Å². The lowest BCUT2D eigenvalue weighted by Gasteiger charge is -2.03. The fourth-order valence-electron chi connectivity index (χ4n) is 1.97. The van der Waals surface area contributed by atoms with Gasteiger partial charge < -0.3 is 9.47 Å². The van der Waals surface area contributed by atoms with Crippen LogP contribution in [0.1, 0.15) is 11.1 Å². The third-order valence-electron chi connectivity index (χ3n) is 3.22. The van der Waals surface area contributed by atoms with Crippen LogP contribution in [-0.4, -0.2) is 38.5 Å². The summed E-state index contributed by atoms with van der Waals surface area (Å²) in [4.78, 5) is 23.4. The maximum atomic E-state index is 11.7. The highest BCUT2D eigenvalue weighted by molar-refractivity contribution is 6.35. The predicted molar refractivity (Wildman–Crippen MR) is 97.5 cm³/mol. The van der Waals surface area contributed by atoms with Crippen molar-refractivity contribution in [2.45, 2.75) is 0 Å². The molecule has 2 amide bonds. The molecule has 0 aliphatic rings. The lowest BCUT2D eigenvalue weighted by atomic mass is 10.2. The number of carbonyl (C=O) groups is 2. The van der Waals surface area contributed by atoms with Gasteiger partial charge in [0.25, 0.3) is 0 Å². The van der Waals surface area contributed by atoms with Crippen LogP contribution in [0.5, 0.6) is 11.5 Å². The van der Waals surface area contributed by atoms with Crippen LogP contribution in [0.3, 0.4) is 0 Å². The van der Waals surface area contributed by atoms with E-state index in [1.54, 1.807) is 36.4 Å². The van der Waals surface area contributed by atoms with Crippen molar-refractivity contribution in [3.8, 4) is 11.5 Å². The Kier molecular flexibility index (Phi) is 6.87. The molecule has 2 aromatic rings. The van der Waals surface area contributed by atoms with E-state index in [-0.39, 0.29) is 0 Å². The summed E-state index contributed by atoms with van der Waals surface area (Å²) in [5.74, 6) is -0.714. The average molecular weight is 354 g/mol. The van der Waals surface area contributed by atoms with Gasteiger partial charge in [0.05, 0.1) is 26.6 Å². The average Bonchev–Trinajstić information content (AvgIpc) is 2.68. The summed E-state index contributed by atoms with van der Waals surface area (Å²) in [5.41, 5.74) is 5.55. The second-order valence-electron chi connectivity index (χ2n) is 4.88. The number of para-hydroxylation sites is 2. The number of methoxy groups -OCH3 is 2. The zero-order chi connectivity index (χ0) is 18.8. The summed E-state index contributed by atoms with van der Waals surface area (Å²) in [6.07, 6.45) is 2.75. The van der Waals surface area contributed by atoms with Gasteiger partial charge in [0.15, 0.2) is 0 Å². The fraction of sp³-hybridized carbons (Fsp3) is 0.111. The van der Waals surface area contributed by atoms with Crippen LogP contribution >= 0.6 is 0 Å². The number of nitrogens with one attached hydrogen (secondary N) is 2. The normalized spacial score (nSPS) is 10.7. The van der Waals surface area contributed by atoms with Crippen molar-refractivity contribution in [1.29, 1.82) is 0 Å². The second-order valence-corrected chi connectivity index (χ2v) is 4.88. The highest BCUT2D eigenvalue weighted by atomic mass is 16.5. The first kappa shape index (κ1) is 18.7. The van der Waals surface area contributed by atoms with Gasteiger partial charge in [-0.1, -0.05) is 24.3 Å². The van der Waals surface area contributed by atoms with E-state index >= 15 is 0 Å². The topological polar surface area (TPSA) is 101 Å². The quantitative estimate of drug-likeness (QED) is 0.464. The van der Waals surface area contributed by atoms with E-state index in [2.05, 4.69) is 21.1 Å². The van der Waals surface area contributed by atoms with Crippen LogP contribution in [0.2, 0.25) is 0 Å². The zero-order valence-corrected chi connectivity index (χ0v) is 14.3. The number of hydrogen-bond donors (Lipinski definition) is 2. The number of benzene rings is 2. The van der Waals surface area contributed by atoms with Gasteiger partial charge in [-0.15, -0.1) is 0 Å². The Bertz CT molecular complexity index is 764. The van der Waals surface area contributed by atoms with Crippen LogP contribution < -0.4 is 20.3 Å². The molecule has 0 aliphatic heterocycles. The Hall–Kier alpha value is -3.68. The minimum Gasteiger partial charge on any atom is -0.496 e. The standard InChI is InChI=1S/C18H18N4O4/c1-25-15-9-5-3-7-13(15)11-19-21-17(23)18(24)22-20-12-14-8-4-6-10-16(14)26-2/h3-12H,1-2H3,(H,21,23)(H,22,24)/b19-11-,20-12+. The third-order valence-corrected chi connectivity index (χ3v) is 3.22. The van der Waals surface area contributed by atoms with Crippen molar-refractivity contribution in [3.63, 3.8) is 0 Å². The molecule has 0 aromatic heterocycles. The molecule has 0 saturated carbocycles. The monoisotopic (exact) mass is 354 g/mol. The van der Waals surface area contributed by atoms with Crippen LogP contribution in [-0.2, 0) is 9.59 Å². The van der Waals surface area contributed by atoms with Crippen molar-refractivity contribution in [1.82, 2.24) is 10.9 Å². The third kappa shape index (κ3) is 5.17. The molecule has 134 valence electrons. The van der Waals surface area contributed by atoms with Crippen molar-refractivity contribution in [2.24, 2.45) is 10.2 Å². The zero-order valence-electron chi connectivity index (χ0n) is 14.3. The van der Waals surface area contributed by atoms with Gasteiger partial charge in [0.1, 0.15) is 11.5 Å². The van der Waals surface area contributed by atoms with Gasteiger partial charge in [-0.05, 0) is 24.3 Å². The van der Waals surface area contributed by atoms with E-state index in [1.165, 1.54) is 26.6 Å². The molecular weight excluding hydrogens is 336 g/mol. The number of amides is 2. The van der Waals surface area contributed by atoms with Gasteiger partial charge >= 0.3 is 11.8 Å². The molecule has 2 rings (SSSR count). The van der Waals surface area contributed by atoms with Gasteiger partial charge in [0, 0.05) is 11.1 Å². The van der Waals surface area contributed by atoms with Crippen LogP contribution in [0.25, 0.3) is 0 Å². The Morgan fingerprint density at radius 2 is 1.15 bits per heavy atom. The van der Waals surface area contributed by atoms with Gasteiger partial charge in [-0.25, -0.2) is 10.9 Å². The molecule has 2 aromatic carbocycles. The van der Waals surface area contributed by atoms with Crippen molar-refractivity contribution in [3.05, 3.63) is 59.7 Å². The molecule has 0 fully saturated rings. The lowest BCUT2D eigenvalue weighted by Crippen LogP contribution is -2.35. The molecule has 0 spiro atoms. The maximum absolute atomic E-state index is 11.7. The van der Waals surface area contributed by atoms with E-state index in [1.807, 2.05) is 12.1 Å². The molecule has 0 atom stereocenters. The Morgan fingerprint density at radius 3 is 1.54 bits per heavy atom. The molecular formula is C18H18N4O4. The minimum absolute atomic E-state index is 0.594. The van der Waals surface area contributed by atoms with E-state index < -0.39 is 11.8 Å². The number of hydrazone groups is 2. The first-order valence-corrected chi connectivity index (χ1v) is 7.58. The minimum atomic E-state index is -0.951. The van der Waals surface area contributed by atoms with Crippen LogP contribution in [0.15, 0.2) is 58.7 Å². The number of hydrogen-bond acceptors (Lipinski definition) is 6. The lowest BCUT2D eigenvalue weighted by molar-refractivity contribution is -0.139. The molecule has 8 nitrogen and oxygen atoms in total. The SMILES string of the molecule is COc1ccccc1/C=N\NC(=O)C(=O)N/N=C/c1ccccc1OC. The summed E-state index contributed by atoms with van der Waals surface area (Å²) in [6, 6.07) is 14.2. The number of rotatable bonds is 6. The largest absolute Gasteiger partial charge is 0.496 e. The molecule has 8 heteroatoms. The Labute approximate surface area is 150 Å². The Balaban J connectivity index is 1.88. The molecule has 0 aliphatic carbocycles. The van der Waals surface area contributed by atoms with Crippen molar-refractivity contribution in [2.75, 3.05) is 14.2 Å². The Morgan fingerprint density at radius 1 is 0.769 bits per heavy atom. The number of ether oxygens (including phenoxy) is 2. The molecule has 26 heavy (non-hydrogen) atoms. The summed E-state index contributed by atoms with van der Waals surface area (Å²) < 4.78 is 10.3. The molecule has 0 unspecified atom stereocenters. The summed E-state index contributed by atoms with van der Waals surface area (Å²) >= 11 is 0. The van der Waals surface area contributed by atoms with Crippen molar-refractivity contribution >= 4 is 24.2 Å². The highest BCUT2D eigenvalue weighted by Gasteiger charge is 2.11. The van der Waals surface area contributed by atoms with Gasteiger partial charge in [-0.3, -0.25) is 9.59 Å². The summed E-state index contributed by atoms with van der Waals surface area (Å²) in [6.45, 7) is 0. The first-order chi connectivity index (χ1) is 12.7. The first-order valence-electron chi connectivity index (χ1n) is 7.58. The molecule has 0 heterocycles. The number of nitrogens with zero attached hydrogens (tertiary/aromatic N) is 2. The van der Waals surface area contributed by atoms with Crippen molar-refractivity contribution < 1.29 is 19.1 Å². The molecule has 0 radical (unpaired) electrons.